The van der Waals surface area contributed by atoms with E-state index in [4.69, 9.17) is 9.47 Å². The SMILES string of the molecule is Cc1ccc(S(=O)(=O)N[C@@H]2OC(=O)C(Oc3ccccc3)=C2Br)cc1. The summed E-state index contributed by atoms with van der Waals surface area (Å²) in [4.78, 5) is 12.1. The van der Waals surface area contributed by atoms with Crippen LogP contribution in [0.15, 0.2) is 69.7 Å². The first-order valence-electron chi connectivity index (χ1n) is 7.29. The number of esters is 1. The Hall–Kier alpha value is -2.16. The Morgan fingerprint density at radius 2 is 1.72 bits per heavy atom. The number of aryl methyl sites for hydroxylation is 1. The summed E-state index contributed by atoms with van der Waals surface area (Å²) >= 11 is 3.19. The number of ether oxygens (including phenoxy) is 2. The maximum absolute atomic E-state index is 12.4. The van der Waals surface area contributed by atoms with E-state index >= 15 is 0 Å². The fourth-order valence-electron chi connectivity index (χ4n) is 2.13. The van der Waals surface area contributed by atoms with Crippen molar-refractivity contribution in [1.29, 1.82) is 0 Å². The molecule has 130 valence electrons. The van der Waals surface area contributed by atoms with Crippen molar-refractivity contribution in [2.24, 2.45) is 0 Å². The summed E-state index contributed by atoms with van der Waals surface area (Å²) in [7, 11) is -3.86. The van der Waals surface area contributed by atoms with Gasteiger partial charge in [-0.1, -0.05) is 35.9 Å². The Kier molecular flexibility index (Phi) is 4.94. The van der Waals surface area contributed by atoms with Crippen LogP contribution in [0.4, 0.5) is 0 Å². The van der Waals surface area contributed by atoms with Gasteiger partial charge < -0.3 is 9.47 Å². The summed E-state index contributed by atoms with van der Waals surface area (Å²) in [6.07, 6.45) is -1.18. The van der Waals surface area contributed by atoms with Crippen molar-refractivity contribution >= 4 is 31.9 Å². The minimum atomic E-state index is -3.86. The van der Waals surface area contributed by atoms with Gasteiger partial charge in [0.25, 0.3) is 0 Å². The van der Waals surface area contributed by atoms with Crippen molar-refractivity contribution in [1.82, 2.24) is 4.72 Å². The van der Waals surface area contributed by atoms with Gasteiger partial charge in [0.2, 0.25) is 22.0 Å². The van der Waals surface area contributed by atoms with Gasteiger partial charge in [-0.2, -0.15) is 4.72 Å². The molecule has 6 nitrogen and oxygen atoms in total. The second-order valence-corrected chi connectivity index (χ2v) is 7.88. The van der Waals surface area contributed by atoms with Gasteiger partial charge in [-0.3, -0.25) is 0 Å². The summed E-state index contributed by atoms with van der Waals surface area (Å²) in [5.41, 5.74) is 0.936. The molecule has 0 aromatic heterocycles. The highest BCUT2D eigenvalue weighted by Gasteiger charge is 2.37. The van der Waals surface area contributed by atoms with E-state index < -0.39 is 22.2 Å². The van der Waals surface area contributed by atoms with E-state index in [-0.39, 0.29) is 15.1 Å². The maximum Gasteiger partial charge on any atom is 0.377 e. The number of rotatable bonds is 5. The number of para-hydroxylation sites is 1. The second kappa shape index (κ2) is 6.99. The van der Waals surface area contributed by atoms with Crippen LogP contribution in [-0.4, -0.2) is 20.6 Å². The predicted molar refractivity (Wildman–Crippen MR) is 94.4 cm³/mol. The summed E-state index contributed by atoms with van der Waals surface area (Å²) in [5.74, 6) is -0.413. The lowest BCUT2D eigenvalue weighted by molar-refractivity contribution is -0.141. The summed E-state index contributed by atoms with van der Waals surface area (Å²) in [6.45, 7) is 1.86. The molecule has 2 aromatic carbocycles. The van der Waals surface area contributed by atoms with Crippen LogP contribution < -0.4 is 9.46 Å². The molecule has 0 fully saturated rings. The van der Waals surface area contributed by atoms with E-state index in [0.717, 1.165) is 5.56 Å². The van der Waals surface area contributed by atoms with Crippen molar-refractivity contribution in [2.75, 3.05) is 0 Å². The minimum absolute atomic E-state index is 0.0758. The number of nitrogens with one attached hydrogen (secondary N) is 1. The van der Waals surface area contributed by atoms with Gasteiger partial charge in [-0.05, 0) is 47.1 Å². The molecule has 1 N–H and O–H groups in total. The third-order valence-corrected chi connectivity index (χ3v) is 5.61. The molecule has 25 heavy (non-hydrogen) atoms. The van der Waals surface area contributed by atoms with E-state index in [1.807, 2.05) is 13.0 Å². The highest BCUT2D eigenvalue weighted by molar-refractivity contribution is 9.11. The molecular weight excluding hydrogens is 410 g/mol. The molecule has 0 unspecified atom stereocenters. The third-order valence-electron chi connectivity index (χ3n) is 3.41. The molecule has 3 rings (SSSR count). The summed E-state index contributed by atoms with van der Waals surface area (Å²) < 4.78 is 37.9. The number of carbonyl (C=O) groups excluding carboxylic acids is 1. The van der Waals surface area contributed by atoms with Crippen molar-refractivity contribution in [3.63, 3.8) is 0 Å². The van der Waals surface area contributed by atoms with Crippen molar-refractivity contribution in [3.8, 4) is 5.75 Å². The lowest BCUT2D eigenvalue weighted by Gasteiger charge is -2.13. The Morgan fingerprint density at radius 3 is 2.36 bits per heavy atom. The molecule has 2 aromatic rings. The van der Waals surface area contributed by atoms with Gasteiger partial charge in [0, 0.05) is 0 Å². The zero-order valence-corrected chi connectivity index (χ0v) is 15.5. The number of benzene rings is 2. The number of hydrogen-bond donors (Lipinski definition) is 1. The lowest BCUT2D eigenvalue weighted by atomic mass is 10.2. The van der Waals surface area contributed by atoms with Gasteiger partial charge in [0.15, 0.2) is 0 Å². The molecule has 0 saturated heterocycles. The van der Waals surface area contributed by atoms with Crippen LogP contribution in [0, 0.1) is 6.92 Å². The van der Waals surface area contributed by atoms with Crippen molar-refractivity contribution < 1.29 is 22.7 Å². The number of carbonyl (C=O) groups is 1. The average molecular weight is 424 g/mol. The average Bonchev–Trinajstić information content (AvgIpc) is 2.83. The summed E-state index contributed by atoms with van der Waals surface area (Å²) in [5, 5.41) is 0. The van der Waals surface area contributed by atoms with Gasteiger partial charge in [-0.15, -0.1) is 0 Å². The van der Waals surface area contributed by atoms with Crippen LogP contribution in [0.2, 0.25) is 0 Å². The fraction of sp³-hybridized carbons (Fsp3) is 0.118. The van der Waals surface area contributed by atoms with Gasteiger partial charge >= 0.3 is 5.97 Å². The molecule has 0 aliphatic carbocycles. The first-order chi connectivity index (χ1) is 11.9. The van der Waals surface area contributed by atoms with Crippen molar-refractivity contribution in [3.05, 3.63) is 70.4 Å². The van der Waals surface area contributed by atoms with Crippen LogP contribution in [0.1, 0.15) is 5.56 Å². The topological polar surface area (TPSA) is 81.7 Å². The first kappa shape index (κ1) is 17.7. The molecule has 8 heteroatoms. The van der Waals surface area contributed by atoms with E-state index in [9.17, 15) is 13.2 Å². The molecule has 1 aliphatic rings. The molecule has 1 heterocycles. The van der Waals surface area contributed by atoms with E-state index in [2.05, 4.69) is 20.7 Å². The van der Waals surface area contributed by atoms with Gasteiger partial charge in [0.05, 0.1) is 4.90 Å². The lowest BCUT2D eigenvalue weighted by Crippen LogP contribution is -2.35. The van der Waals surface area contributed by atoms with Crippen LogP contribution in [-0.2, 0) is 19.6 Å². The van der Waals surface area contributed by atoms with E-state index in [1.54, 1.807) is 36.4 Å². The highest BCUT2D eigenvalue weighted by atomic mass is 79.9. The Bertz CT molecular complexity index is 923. The molecule has 1 atom stereocenters. The molecule has 0 bridgehead atoms. The fourth-order valence-corrected chi connectivity index (χ4v) is 3.81. The monoisotopic (exact) mass is 423 g/mol. The molecule has 0 spiro atoms. The first-order valence-corrected chi connectivity index (χ1v) is 9.57. The standard InChI is InChI=1S/C17H14BrNO5S/c1-11-7-9-13(10-8-11)25(21,22)19-16-14(18)15(17(20)24-16)23-12-5-3-2-4-6-12/h2-10,16,19H,1H3/t16-/m1/s1. The van der Waals surface area contributed by atoms with Crippen molar-refractivity contribution in [2.45, 2.75) is 18.0 Å². The maximum atomic E-state index is 12.4. The Morgan fingerprint density at radius 1 is 1.08 bits per heavy atom. The predicted octanol–water partition coefficient (Wildman–Crippen LogP) is 2.84. The third kappa shape index (κ3) is 3.92. The van der Waals surface area contributed by atoms with E-state index in [1.165, 1.54) is 12.1 Å². The Labute approximate surface area is 153 Å². The minimum Gasteiger partial charge on any atom is -0.449 e. The van der Waals surface area contributed by atoms with Crippen LogP contribution in [0.3, 0.4) is 0 Å². The Balaban J connectivity index is 1.81. The van der Waals surface area contributed by atoms with Crippen LogP contribution in [0.5, 0.6) is 5.75 Å². The number of sulfonamides is 1. The largest absolute Gasteiger partial charge is 0.449 e. The second-order valence-electron chi connectivity index (χ2n) is 5.31. The molecule has 0 amide bonds. The molecule has 1 aliphatic heterocycles. The molecule has 0 saturated carbocycles. The number of hydrogen-bond acceptors (Lipinski definition) is 5. The number of cyclic esters (lactones) is 1. The number of halogens is 1. The zero-order valence-electron chi connectivity index (χ0n) is 13.1. The van der Waals surface area contributed by atoms with Crippen LogP contribution in [0.25, 0.3) is 0 Å². The molecular formula is C17H14BrNO5S. The van der Waals surface area contributed by atoms with Crippen LogP contribution >= 0.6 is 15.9 Å². The highest BCUT2D eigenvalue weighted by Crippen LogP contribution is 2.29. The molecule has 0 radical (unpaired) electrons. The van der Waals surface area contributed by atoms with E-state index in [0.29, 0.717) is 5.75 Å². The quantitative estimate of drug-likeness (QED) is 0.747. The smallest absolute Gasteiger partial charge is 0.377 e. The van der Waals surface area contributed by atoms with Gasteiger partial charge in [-0.25, -0.2) is 13.2 Å². The van der Waals surface area contributed by atoms with Gasteiger partial charge in [0.1, 0.15) is 10.2 Å². The summed E-state index contributed by atoms with van der Waals surface area (Å²) in [6, 6.07) is 15.0. The normalized spacial score (nSPS) is 17.5. The zero-order chi connectivity index (χ0) is 18.0.